The quantitative estimate of drug-likeness (QED) is 0.568. The third kappa shape index (κ3) is 4.37. The fraction of sp³-hybridized carbons (Fsp3) is 1.00. The predicted octanol–water partition coefficient (Wildman–Crippen LogP) is 0.162. The maximum absolute atomic E-state index is 8.75. The zero-order valence-electron chi connectivity index (χ0n) is 10.5. The van der Waals surface area contributed by atoms with Gasteiger partial charge in [0.2, 0.25) is 0 Å². The third-order valence-electron chi connectivity index (χ3n) is 3.64. The molecule has 1 atom stereocenters. The standard InChI is InChI=1S/C12H27N3O/c1-15-8-4-5-12(11-13,6-9-15)14-7-2-3-10-16/h14,16H,2-11,13H2,1H3. The first-order valence-electron chi connectivity index (χ1n) is 6.47. The number of nitrogens with two attached hydrogens (primary N) is 1. The van der Waals surface area contributed by atoms with Gasteiger partial charge in [0.25, 0.3) is 0 Å². The highest BCUT2D eigenvalue weighted by molar-refractivity contribution is 4.91. The molecule has 0 radical (unpaired) electrons. The molecule has 1 unspecified atom stereocenters. The number of aliphatic hydroxyl groups is 1. The molecule has 0 spiro atoms. The van der Waals surface area contributed by atoms with E-state index in [9.17, 15) is 0 Å². The lowest BCUT2D eigenvalue weighted by Crippen LogP contribution is -2.52. The molecule has 16 heavy (non-hydrogen) atoms. The number of nitrogens with zero attached hydrogens (tertiary/aromatic N) is 1. The number of hydrogen-bond acceptors (Lipinski definition) is 4. The molecule has 0 aromatic rings. The Morgan fingerprint density at radius 3 is 2.81 bits per heavy atom. The first-order chi connectivity index (χ1) is 7.72. The van der Waals surface area contributed by atoms with Gasteiger partial charge in [0, 0.05) is 18.7 Å². The normalized spacial score (nSPS) is 27.9. The number of hydrogen-bond donors (Lipinski definition) is 3. The van der Waals surface area contributed by atoms with Crippen LogP contribution in [-0.4, -0.2) is 55.4 Å². The summed E-state index contributed by atoms with van der Waals surface area (Å²) < 4.78 is 0. The van der Waals surface area contributed by atoms with Crippen LogP contribution in [0.15, 0.2) is 0 Å². The van der Waals surface area contributed by atoms with E-state index in [2.05, 4.69) is 17.3 Å². The molecular formula is C12H27N3O. The van der Waals surface area contributed by atoms with Gasteiger partial charge in [-0.1, -0.05) is 0 Å². The molecule has 0 bridgehead atoms. The van der Waals surface area contributed by atoms with E-state index in [0.29, 0.717) is 6.61 Å². The Kier molecular flexibility index (Phi) is 6.28. The molecule has 0 saturated carbocycles. The highest BCUT2D eigenvalue weighted by atomic mass is 16.2. The summed E-state index contributed by atoms with van der Waals surface area (Å²) in [4.78, 5) is 2.38. The minimum absolute atomic E-state index is 0.139. The molecule has 1 saturated heterocycles. The van der Waals surface area contributed by atoms with E-state index in [-0.39, 0.29) is 5.54 Å². The minimum atomic E-state index is 0.139. The Morgan fingerprint density at radius 2 is 2.12 bits per heavy atom. The summed E-state index contributed by atoms with van der Waals surface area (Å²) in [5, 5.41) is 12.4. The maximum Gasteiger partial charge on any atom is 0.0431 e. The van der Waals surface area contributed by atoms with Crippen molar-refractivity contribution in [3.8, 4) is 0 Å². The highest BCUT2D eigenvalue weighted by Crippen LogP contribution is 2.20. The van der Waals surface area contributed by atoms with Crippen molar-refractivity contribution in [3.05, 3.63) is 0 Å². The van der Waals surface area contributed by atoms with Crippen molar-refractivity contribution in [2.75, 3.05) is 39.8 Å². The van der Waals surface area contributed by atoms with Crippen molar-refractivity contribution in [1.82, 2.24) is 10.2 Å². The van der Waals surface area contributed by atoms with Gasteiger partial charge in [-0.3, -0.25) is 0 Å². The van der Waals surface area contributed by atoms with Crippen molar-refractivity contribution in [2.45, 2.75) is 37.6 Å². The summed E-state index contributed by atoms with van der Waals surface area (Å²) >= 11 is 0. The Labute approximate surface area is 99.2 Å². The second-order valence-electron chi connectivity index (χ2n) is 5.00. The smallest absolute Gasteiger partial charge is 0.0431 e. The van der Waals surface area contributed by atoms with Gasteiger partial charge in [-0.05, 0) is 58.8 Å². The van der Waals surface area contributed by atoms with Gasteiger partial charge in [-0.25, -0.2) is 0 Å². The Hall–Kier alpha value is -0.160. The molecule has 1 aliphatic rings. The van der Waals surface area contributed by atoms with Crippen molar-refractivity contribution in [2.24, 2.45) is 5.73 Å². The summed E-state index contributed by atoms with van der Waals surface area (Å²) in [6, 6.07) is 0. The number of aliphatic hydroxyl groups excluding tert-OH is 1. The molecule has 1 rings (SSSR count). The predicted molar refractivity (Wildman–Crippen MR) is 67.5 cm³/mol. The molecule has 1 aliphatic heterocycles. The zero-order valence-corrected chi connectivity index (χ0v) is 10.5. The summed E-state index contributed by atoms with van der Waals surface area (Å²) in [6.45, 7) is 4.30. The van der Waals surface area contributed by atoms with E-state index in [1.165, 1.54) is 19.4 Å². The maximum atomic E-state index is 8.75. The first kappa shape index (κ1) is 13.9. The fourth-order valence-electron chi connectivity index (χ4n) is 2.37. The second kappa shape index (κ2) is 7.22. The first-order valence-corrected chi connectivity index (χ1v) is 6.47. The molecule has 0 aromatic carbocycles. The number of nitrogens with one attached hydrogen (secondary N) is 1. The van der Waals surface area contributed by atoms with Gasteiger partial charge in [-0.2, -0.15) is 0 Å². The average Bonchev–Trinajstić information content (AvgIpc) is 2.48. The minimum Gasteiger partial charge on any atom is -0.396 e. The molecular weight excluding hydrogens is 202 g/mol. The Morgan fingerprint density at radius 1 is 1.31 bits per heavy atom. The van der Waals surface area contributed by atoms with E-state index in [4.69, 9.17) is 10.8 Å². The summed E-state index contributed by atoms with van der Waals surface area (Å²) in [5.74, 6) is 0. The molecule has 4 nitrogen and oxygen atoms in total. The summed E-state index contributed by atoms with van der Waals surface area (Å²) in [7, 11) is 2.18. The molecule has 4 N–H and O–H groups in total. The molecule has 4 heteroatoms. The van der Waals surface area contributed by atoms with Crippen molar-refractivity contribution in [3.63, 3.8) is 0 Å². The van der Waals surface area contributed by atoms with E-state index in [0.717, 1.165) is 38.9 Å². The van der Waals surface area contributed by atoms with E-state index in [1.807, 2.05) is 0 Å². The monoisotopic (exact) mass is 229 g/mol. The molecule has 0 aliphatic carbocycles. The average molecular weight is 229 g/mol. The Bertz CT molecular complexity index is 189. The van der Waals surface area contributed by atoms with Gasteiger partial charge >= 0.3 is 0 Å². The van der Waals surface area contributed by atoms with Crippen LogP contribution in [0.2, 0.25) is 0 Å². The number of rotatable bonds is 6. The van der Waals surface area contributed by atoms with Crippen molar-refractivity contribution >= 4 is 0 Å². The number of likely N-dealkylation sites (tertiary alicyclic amines) is 1. The van der Waals surface area contributed by atoms with Crippen LogP contribution in [0.4, 0.5) is 0 Å². The third-order valence-corrected chi connectivity index (χ3v) is 3.64. The van der Waals surface area contributed by atoms with Gasteiger partial charge in [-0.15, -0.1) is 0 Å². The topological polar surface area (TPSA) is 61.5 Å². The van der Waals surface area contributed by atoms with Crippen molar-refractivity contribution in [1.29, 1.82) is 0 Å². The van der Waals surface area contributed by atoms with Gasteiger partial charge in [0.05, 0.1) is 0 Å². The number of unbranched alkanes of at least 4 members (excludes halogenated alkanes) is 1. The largest absolute Gasteiger partial charge is 0.396 e. The zero-order chi connectivity index (χ0) is 11.9. The SMILES string of the molecule is CN1CCCC(CN)(NCCCCO)CC1. The second-order valence-corrected chi connectivity index (χ2v) is 5.00. The van der Waals surface area contributed by atoms with Crippen LogP contribution >= 0.6 is 0 Å². The molecule has 0 amide bonds. The highest BCUT2D eigenvalue weighted by Gasteiger charge is 2.29. The lowest BCUT2D eigenvalue weighted by Gasteiger charge is -2.33. The fourth-order valence-corrected chi connectivity index (χ4v) is 2.37. The van der Waals surface area contributed by atoms with Crippen LogP contribution in [-0.2, 0) is 0 Å². The van der Waals surface area contributed by atoms with Gasteiger partial charge in [0.1, 0.15) is 0 Å². The lowest BCUT2D eigenvalue weighted by molar-refractivity contribution is 0.262. The van der Waals surface area contributed by atoms with Crippen LogP contribution < -0.4 is 11.1 Å². The Balaban J connectivity index is 2.36. The van der Waals surface area contributed by atoms with Crippen LogP contribution in [0.3, 0.4) is 0 Å². The lowest BCUT2D eigenvalue weighted by atomic mass is 9.90. The van der Waals surface area contributed by atoms with Crippen LogP contribution in [0, 0.1) is 0 Å². The van der Waals surface area contributed by atoms with Crippen LogP contribution in [0.5, 0.6) is 0 Å². The van der Waals surface area contributed by atoms with Crippen molar-refractivity contribution < 1.29 is 5.11 Å². The van der Waals surface area contributed by atoms with Gasteiger partial charge in [0.15, 0.2) is 0 Å². The summed E-state index contributed by atoms with van der Waals surface area (Å²) in [6.07, 6.45) is 5.45. The molecule has 0 aromatic heterocycles. The van der Waals surface area contributed by atoms with E-state index < -0.39 is 0 Å². The van der Waals surface area contributed by atoms with Crippen LogP contribution in [0.1, 0.15) is 32.1 Å². The molecule has 1 heterocycles. The van der Waals surface area contributed by atoms with Crippen LogP contribution in [0.25, 0.3) is 0 Å². The van der Waals surface area contributed by atoms with E-state index in [1.54, 1.807) is 0 Å². The van der Waals surface area contributed by atoms with Gasteiger partial charge < -0.3 is 21.1 Å². The molecule has 1 fully saturated rings. The summed E-state index contributed by atoms with van der Waals surface area (Å²) in [5.41, 5.74) is 6.08. The van der Waals surface area contributed by atoms with E-state index >= 15 is 0 Å². The molecule has 96 valence electrons.